The minimum absolute atomic E-state index is 0.123. The number of nitrogens with one attached hydrogen (secondary N) is 2. The molecule has 2 amide bonds. The van der Waals surface area contributed by atoms with Crippen LogP contribution in [0, 0.1) is 0 Å². The highest BCUT2D eigenvalue weighted by Gasteiger charge is 2.13. The van der Waals surface area contributed by atoms with Crippen molar-refractivity contribution in [1.29, 1.82) is 0 Å². The maximum absolute atomic E-state index is 12.4. The summed E-state index contributed by atoms with van der Waals surface area (Å²) in [7, 11) is 3.16. The average Bonchev–Trinajstić information content (AvgIpc) is 2.78. The molecule has 2 aromatic rings. The van der Waals surface area contributed by atoms with Crippen molar-refractivity contribution in [1.82, 2.24) is 10.6 Å². The Morgan fingerprint density at radius 1 is 0.806 bits per heavy atom. The second-order valence-corrected chi connectivity index (χ2v) is 6.50. The highest BCUT2D eigenvalue weighted by atomic mass is 16.5. The van der Waals surface area contributed by atoms with Crippen molar-refractivity contribution in [3.63, 3.8) is 0 Å². The smallest absolute Gasteiger partial charge is 0.251 e. The van der Waals surface area contributed by atoms with Gasteiger partial charge in [0, 0.05) is 12.1 Å². The summed E-state index contributed by atoms with van der Waals surface area (Å²) in [5, 5.41) is 5.41. The fourth-order valence-electron chi connectivity index (χ4n) is 2.90. The lowest BCUT2D eigenvalue weighted by molar-refractivity contribution is -0.120. The highest BCUT2D eigenvalue weighted by molar-refractivity contribution is 5.97. The number of methoxy groups -OCH3 is 2. The molecule has 2 aromatic carbocycles. The zero-order valence-electron chi connectivity index (χ0n) is 18.4. The van der Waals surface area contributed by atoms with Gasteiger partial charge in [0.15, 0.2) is 23.0 Å². The van der Waals surface area contributed by atoms with Crippen molar-refractivity contribution in [2.24, 2.45) is 0 Å². The fourth-order valence-corrected chi connectivity index (χ4v) is 2.90. The van der Waals surface area contributed by atoms with Crippen molar-refractivity contribution in [2.75, 3.05) is 40.5 Å². The molecule has 2 rings (SSSR count). The summed E-state index contributed by atoms with van der Waals surface area (Å²) in [5.74, 6) is 1.73. The van der Waals surface area contributed by atoms with Crippen LogP contribution in [0.3, 0.4) is 0 Å². The van der Waals surface area contributed by atoms with Crippen molar-refractivity contribution < 1.29 is 28.5 Å². The van der Waals surface area contributed by atoms with Crippen LogP contribution in [0.4, 0.5) is 0 Å². The Bertz CT molecular complexity index is 884. The molecule has 168 valence electrons. The van der Waals surface area contributed by atoms with E-state index in [4.69, 9.17) is 18.9 Å². The minimum atomic E-state index is -0.362. The quantitative estimate of drug-likeness (QED) is 0.538. The van der Waals surface area contributed by atoms with E-state index in [2.05, 4.69) is 10.6 Å². The molecular formula is C23H30N2O6. The van der Waals surface area contributed by atoms with E-state index < -0.39 is 0 Å². The van der Waals surface area contributed by atoms with Crippen LogP contribution < -0.4 is 29.6 Å². The summed E-state index contributed by atoms with van der Waals surface area (Å²) in [6, 6.07) is 10.5. The minimum Gasteiger partial charge on any atom is -0.493 e. The molecule has 0 heterocycles. The lowest BCUT2D eigenvalue weighted by Crippen LogP contribution is -2.37. The van der Waals surface area contributed by atoms with Gasteiger partial charge >= 0.3 is 0 Å². The summed E-state index contributed by atoms with van der Waals surface area (Å²) in [5.41, 5.74) is 1.39. The molecule has 0 aliphatic heterocycles. The van der Waals surface area contributed by atoms with E-state index in [0.717, 1.165) is 5.56 Å². The summed E-state index contributed by atoms with van der Waals surface area (Å²) in [6.45, 7) is 4.99. The van der Waals surface area contributed by atoms with Gasteiger partial charge in [-0.2, -0.15) is 0 Å². The number of rotatable bonds is 12. The molecule has 0 saturated heterocycles. The van der Waals surface area contributed by atoms with Gasteiger partial charge in [0.2, 0.25) is 5.91 Å². The van der Waals surface area contributed by atoms with Crippen LogP contribution in [0.15, 0.2) is 36.4 Å². The predicted molar refractivity (Wildman–Crippen MR) is 117 cm³/mol. The molecule has 2 N–H and O–H groups in total. The second kappa shape index (κ2) is 12.3. The van der Waals surface area contributed by atoms with Gasteiger partial charge in [0.1, 0.15) is 0 Å². The van der Waals surface area contributed by atoms with Gasteiger partial charge < -0.3 is 29.6 Å². The first-order valence-corrected chi connectivity index (χ1v) is 10.2. The predicted octanol–water partition coefficient (Wildman–Crippen LogP) is 2.59. The third-order valence-corrected chi connectivity index (χ3v) is 4.40. The Morgan fingerprint density at radius 3 is 2.16 bits per heavy atom. The van der Waals surface area contributed by atoms with Crippen molar-refractivity contribution in [3.8, 4) is 23.0 Å². The van der Waals surface area contributed by atoms with E-state index in [1.807, 2.05) is 32.0 Å². The van der Waals surface area contributed by atoms with Crippen molar-refractivity contribution >= 4 is 11.8 Å². The molecule has 0 fully saturated rings. The number of carbonyl (C=O) groups is 2. The third kappa shape index (κ3) is 7.09. The zero-order valence-corrected chi connectivity index (χ0v) is 18.4. The van der Waals surface area contributed by atoms with E-state index >= 15 is 0 Å². The first-order valence-electron chi connectivity index (χ1n) is 10.2. The van der Waals surface area contributed by atoms with Crippen LogP contribution >= 0.6 is 0 Å². The Labute approximate surface area is 182 Å². The summed E-state index contributed by atoms with van der Waals surface area (Å²) < 4.78 is 21.5. The maximum Gasteiger partial charge on any atom is 0.251 e. The molecule has 0 unspecified atom stereocenters. The molecule has 0 aliphatic carbocycles. The number of ether oxygens (including phenoxy) is 4. The Balaban J connectivity index is 1.83. The molecule has 0 aromatic heterocycles. The average molecular weight is 431 g/mol. The Kier molecular flexibility index (Phi) is 9.48. The van der Waals surface area contributed by atoms with Gasteiger partial charge in [-0.3, -0.25) is 9.59 Å². The van der Waals surface area contributed by atoms with E-state index in [-0.39, 0.29) is 18.4 Å². The first-order chi connectivity index (χ1) is 15.0. The van der Waals surface area contributed by atoms with Gasteiger partial charge in [-0.05, 0) is 56.2 Å². The monoisotopic (exact) mass is 430 g/mol. The van der Waals surface area contributed by atoms with Gasteiger partial charge in [0.25, 0.3) is 5.91 Å². The molecule has 0 aliphatic rings. The van der Waals surface area contributed by atoms with Crippen LogP contribution in [0.1, 0.15) is 29.8 Å². The lowest BCUT2D eigenvalue weighted by Gasteiger charge is -2.12. The van der Waals surface area contributed by atoms with Crippen molar-refractivity contribution in [3.05, 3.63) is 47.5 Å². The van der Waals surface area contributed by atoms with Crippen LogP contribution in [0.5, 0.6) is 23.0 Å². The van der Waals surface area contributed by atoms with E-state index in [1.165, 1.54) is 0 Å². The van der Waals surface area contributed by atoms with Gasteiger partial charge in [-0.25, -0.2) is 0 Å². The van der Waals surface area contributed by atoms with Gasteiger partial charge in [-0.1, -0.05) is 6.07 Å². The Hall–Kier alpha value is -3.42. The van der Waals surface area contributed by atoms with E-state index in [0.29, 0.717) is 54.7 Å². The molecular weight excluding hydrogens is 400 g/mol. The summed E-state index contributed by atoms with van der Waals surface area (Å²) >= 11 is 0. The van der Waals surface area contributed by atoms with Crippen LogP contribution in [-0.2, 0) is 11.2 Å². The molecule has 0 atom stereocenters. The number of hydrogen-bond donors (Lipinski definition) is 2. The molecule has 0 radical (unpaired) electrons. The number of carbonyl (C=O) groups excluding carboxylic acids is 2. The largest absolute Gasteiger partial charge is 0.493 e. The topological polar surface area (TPSA) is 95.1 Å². The summed E-state index contributed by atoms with van der Waals surface area (Å²) in [4.78, 5) is 24.5. The molecule has 0 spiro atoms. The van der Waals surface area contributed by atoms with Crippen LogP contribution in [0.2, 0.25) is 0 Å². The molecule has 0 saturated carbocycles. The number of hydrogen-bond acceptors (Lipinski definition) is 6. The third-order valence-electron chi connectivity index (χ3n) is 4.40. The van der Waals surface area contributed by atoms with Gasteiger partial charge in [0.05, 0.1) is 34.0 Å². The highest BCUT2D eigenvalue weighted by Crippen LogP contribution is 2.29. The number of amides is 2. The molecule has 8 heteroatoms. The van der Waals surface area contributed by atoms with Crippen LogP contribution in [-0.4, -0.2) is 52.3 Å². The number of benzene rings is 2. The maximum atomic E-state index is 12.4. The van der Waals surface area contributed by atoms with Gasteiger partial charge in [-0.15, -0.1) is 0 Å². The van der Waals surface area contributed by atoms with E-state index in [9.17, 15) is 9.59 Å². The van der Waals surface area contributed by atoms with Crippen molar-refractivity contribution in [2.45, 2.75) is 20.3 Å². The summed E-state index contributed by atoms with van der Waals surface area (Å²) in [6.07, 6.45) is 0.622. The Morgan fingerprint density at radius 2 is 1.48 bits per heavy atom. The molecule has 8 nitrogen and oxygen atoms in total. The first kappa shape index (κ1) is 23.9. The van der Waals surface area contributed by atoms with E-state index in [1.54, 1.807) is 32.4 Å². The lowest BCUT2D eigenvalue weighted by atomic mass is 10.1. The molecule has 0 bridgehead atoms. The SMILES string of the molecule is CCOc1ccc(C(=O)NCC(=O)NCCc2ccc(OC)c(OC)c2)cc1OCC. The second-order valence-electron chi connectivity index (χ2n) is 6.50. The molecule has 31 heavy (non-hydrogen) atoms. The fraction of sp³-hybridized carbons (Fsp3) is 0.391. The van der Waals surface area contributed by atoms with Crippen LogP contribution in [0.25, 0.3) is 0 Å². The normalized spacial score (nSPS) is 10.2. The zero-order chi connectivity index (χ0) is 22.6. The standard InChI is InChI=1S/C23H30N2O6/c1-5-30-19-10-8-17(14-21(19)31-6-2)23(27)25-15-22(26)24-12-11-16-7-9-18(28-3)20(13-16)29-4/h7-10,13-14H,5-6,11-12,15H2,1-4H3,(H,24,26)(H,25,27).